The van der Waals surface area contributed by atoms with Gasteiger partial charge in [0.05, 0.1) is 0 Å². The Balaban J connectivity index is 1.98. The zero-order valence-electron chi connectivity index (χ0n) is 10.6. The molecular formula is C13H17N3O2S. The lowest BCUT2D eigenvalue weighted by atomic mass is 9.97. The third-order valence-electron chi connectivity index (χ3n) is 3.76. The number of piperidine rings is 1. The Labute approximate surface area is 113 Å². The van der Waals surface area contributed by atoms with Gasteiger partial charge < -0.3 is 10.6 Å². The Morgan fingerprint density at radius 2 is 2.16 bits per heavy atom. The summed E-state index contributed by atoms with van der Waals surface area (Å²) < 4.78 is 28.0. The molecule has 0 bridgehead atoms. The Bertz CT molecular complexity index is 625. The van der Waals surface area contributed by atoms with E-state index in [9.17, 15) is 8.42 Å². The van der Waals surface area contributed by atoms with Crippen molar-refractivity contribution < 1.29 is 8.42 Å². The van der Waals surface area contributed by atoms with E-state index in [1.54, 1.807) is 12.1 Å². The number of sulfonamides is 1. The first-order valence-electron chi connectivity index (χ1n) is 6.51. The summed E-state index contributed by atoms with van der Waals surface area (Å²) in [5.41, 5.74) is 6.45. The summed E-state index contributed by atoms with van der Waals surface area (Å²) in [5.74, 6) is 1.01. The molecule has 1 aromatic rings. The second kappa shape index (κ2) is 4.61. The number of hydrogen-bond donors (Lipinski definition) is 1. The lowest BCUT2D eigenvalue weighted by Gasteiger charge is -2.33. The minimum absolute atomic E-state index is 0.319. The first-order chi connectivity index (χ1) is 9.12. The van der Waals surface area contributed by atoms with Crippen LogP contribution in [0.2, 0.25) is 0 Å². The SMILES string of the molecule is NC[C@@H]1CCCN(C2=NS(=O)(=O)c3ccccc32)C1. The molecular weight excluding hydrogens is 262 g/mol. The average Bonchev–Trinajstić information content (AvgIpc) is 2.72. The standard InChI is InChI=1S/C13H17N3O2S/c14-8-10-4-3-7-16(9-10)13-11-5-1-2-6-12(11)19(17,18)15-13/h1-2,5-6,10H,3-4,7-9,14H2/t10-/m0/s1. The van der Waals surface area contributed by atoms with Gasteiger partial charge >= 0.3 is 0 Å². The molecule has 1 aromatic carbocycles. The molecule has 3 rings (SSSR count). The van der Waals surface area contributed by atoms with E-state index < -0.39 is 10.0 Å². The molecule has 0 unspecified atom stereocenters. The second-order valence-corrected chi connectivity index (χ2v) is 6.65. The zero-order chi connectivity index (χ0) is 13.5. The molecule has 2 aliphatic rings. The van der Waals surface area contributed by atoms with Crippen molar-refractivity contribution in [3.8, 4) is 0 Å². The van der Waals surface area contributed by atoms with Gasteiger partial charge in [-0.05, 0) is 37.4 Å². The van der Waals surface area contributed by atoms with Gasteiger partial charge in [-0.15, -0.1) is 4.40 Å². The fourth-order valence-corrected chi connectivity index (χ4v) is 3.99. The van der Waals surface area contributed by atoms with E-state index in [0.717, 1.165) is 31.5 Å². The van der Waals surface area contributed by atoms with Crippen molar-refractivity contribution in [2.24, 2.45) is 16.0 Å². The highest BCUT2D eigenvalue weighted by molar-refractivity contribution is 7.90. The number of hydrogen-bond acceptors (Lipinski definition) is 4. The Morgan fingerprint density at radius 3 is 2.95 bits per heavy atom. The van der Waals surface area contributed by atoms with Crippen LogP contribution in [-0.4, -0.2) is 38.8 Å². The van der Waals surface area contributed by atoms with E-state index in [2.05, 4.69) is 9.30 Å². The van der Waals surface area contributed by atoms with Crippen molar-refractivity contribution in [1.29, 1.82) is 0 Å². The van der Waals surface area contributed by atoms with Gasteiger partial charge in [0.2, 0.25) is 0 Å². The van der Waals surface area contributed by atoms with Crippen LogP contribution in [0.3, 0.4) is 0 Å². The van der Waals surface area contributed by atoms with E-state index in [4.69, 9.17) is 5.73 Å². The highest BCUT2D eigenvalue weighted by Crippen LogP contribution is 2.29. The Kier molecular flexibility index (Phi) is 3.06. The number of rotatable bonds is 1. The second-order valence-electron chi connectivity index (χ2n) is 5.08. The summed E-state index contributed by atoms with van der Waals surface area (Å²) in [6.07, 6.45) is 2.14. The van der Waals surface area contributed by atoms with Gasteiger partial charge in [-0.1, -0.05) is 12.1 Å². The molecule has 0 spiro atoms. The first-order valence-corrected chi connectivity index (χ1v) is 7.95. The molecule has 2 aliphatic heterocycles. The van der Waals surface area contributed by atoms with Crippen LogP contribution in [0, 0.1) is 5.92 Å². The quantitative estimate of drug-likeness (QED) is 0.825. The minimum atomic E-state index is -3.51. The molecule has 6 heteroatoms. The number of likely N-dealkylation sites (tertiary alicyclic amines) is 1. The van der Waals surface area contributed by atoms with Crippen LogP contribution < -0.4 is 5.73 Å². The largest absolute Gasteiger partial charge is 0.355 e. The maximum Gasteiger partial charge on any atom is 0.285 e. The van der Waals surface area contributed by atoms with Crippen molar-refractivity contribution in [2.75, 3.05) is 19.6 Å². The number of nitrogens with zero attached hydrogens (tertiary/aromatic N) is 2. The van der Waals surface area contributed by atoms with Crippen molar-refractivity contribution in [3.63, 3.8) is 0 Å². The molecule has 1 saturated heterocycles. The number of amidine groups is 1. The Morgan fingerprint density at radius 1 is 1.37 bits per heavy atom. The van der Waals surface area contributed by atoms with Gasteiger partial charge in [-0.2, -0.15) is 8.42 Å². The highest BCUT2D eigenvalue weighted by atomic mass is 32.2. The molecule has 0 saturated carbocycles. The summed E-state index contributed by atoms with van der Waals surface area (Å²) in [6, 6.07) is 7.02. The van der Waals surface area contributed by atoms with Gasteiger partial charge in [-0.25, -0.2) is 0 Å². The van der Waals surface area contributed by atoms with Crippen LogP contribution in [0.25, 0.3) is 0 Å². The van der Waals surface area contributed by atoms with Crippen LogP contribution in [0.5, 0.6) is 0 Å². The third-order valence-corrected chi connectivity index (χ3v) is 5.09. The maximum atomic E-state index is 12.0. The van der Waals surface area contributed by atoms with Crippen molar-refractivity contribution in [2.45, 2.75) is 17.7 Å². The molecule has 1 fully saturated rings. The van der Waals surface area contributed by atoms with E-state index in [1.807, 2.05) is 12.1 Å². The molecule has 0 aromatic heterocycles. The predicted octanol–water partition coefficient (Wildman–Crippen LogP) is 0.806. The summed E-state index contributed by atoms with van der Waals surface area (Å²) in [4.78, 5) is 2.38. The average molecular weight is 279 g/mol. The molecule has 0 aliphatic carbocycles. The fourth-order valence-electron chi connectivity index (χ4n) is 2.77. The van der Waals surface area contributed by atoms with Crippen LogP contribution in [0.4, 0.5) is 0 Å². The van der Waals surface area contributed by atoms with Gasteiger partial charge in [0.15, 0.2) is 5.84 Å². The number of benzene rings is 1. The third kappa shape index (κ3) is 2.15. The number of nitrogens with two attached hydrogens (primary N) is 1. The van der Waals surface area contributed by atoms with E-state index >= 15 is 0 Å². The van der Waals surface area contributed by atoms with Gasteiger partial charge in [0.1, 0.15) is 4.90 Å². The molecule has 0 radical (unpaired) electrons. The fraction of sp³-hybridized carbons (Fsp3) is 0.462. The minimum Gasteiger partial charge on any atom is -0.355 e. The van der Waals surface area contributed by atoms with Crippen molar-refractivity contribution in [1.82, 2.24) is 4.90 Å². The molecule has 5 nitrogen and oxygen atoms in total. The first kappa shape index (κ1) is 12.6. The molecule has 19 heavy (non-hydrogen) atoms. The van der Waals surface area contributed by atoms with Crippen molar-refractivity contribution >= 4 is 15.9 Å². The van der Waals surface area contributed by atoms with Gasteiger partial charge in [0, 0.05) is 18.7 Å². The van der Waals surface area contributed by atoms with Gasteiger partial charge in [0.25, 0.3) is 10.0 Å². The lowest BCUT2D eigenvalue weighted by molar-refractivity contribution is 0.264. The van der Waals surface area contributed by atoms with Crippen molar-refractivity contribution in [3.05, 3.63) is 29.8 Å². The highest BCUT2D eigenvalue weighted by Gasteiger charge is 2.33. The summed E-state index contributed by atoms with van der Waals surface area (Å²) in [6.45, 7) is 2.27. The molecule has 1 atom stereocenters. The lowest BCUT2D eigenvalue weighted by Crippen LogP contribution is -2.42. The molecule has 2 N–H and O–H groups in total. The van der Waals surface area contributed by atoms with Crippen LogP contribution in [0.15, 0.2) is 33.6 Å². The Hall–Kier alpha value is -1.40. The van der Waals surface area contributed by atoms with E-state index in [1.165, 1.54) is 0 Å². The summed E-state index contributed by atoms with van der Waals surface area (Å²) in [5, 5.41) is 0. The topological polar surface area (TPSA) is 75.8 Å². The van der Waals surface area contributed by atoms with Crippen LogP contribution in [-0.2, 0) is 10.0 Å². The predicted molar refractivity (Wildman–Crippen MR) is 73.5 cm³/mol. The maximum absolute atomic E-state index is 12.0. The molecule has 102 valence electrons. The molecule has 2 heterocycles. The zero-order valence-corrected chi connectivity index (χ0v) is 11.4. The summed E-state index contributed by atoms with van der Waals surface area (Å²) in [7, 11) is -3.51. The molecule has 0 amide bonds. The smallest absolute Gasteiger partial charge is 0.285 e. The van der Waals surface area contributed by atoms with Crippen LogP contribution >= 0.6 is 0 Å². The monoisotopic (exact) mass is 279 g/mol. The number of fused-ring (bicyclic) bond motifs is 1. The van der Waals surface area contributed by atoms with E-state index in [-0.39, 0.29) is 0 Å². The van der Waals surface area contributed by atoms with Gasteiger partial charge in [-0.3, -0.25) is 0 Å². The van der Waals surface area contributed by atoms with Crippen LogP contribution in [0.1, 0.15) is 18.4 Å². The summed E-state index contributed by atoms with van der Waals surface area (Å²) >= 11 is 0. The van der Waals surface area contributed by atoms with E-state index in [0.29, 0.717) is 23.2 Å². The normalized spacial score (nSPS) is 25.0.